The normalized spacial score (nSPS) is 12.6. The van der Waals surface area contributed by atoms with Crippen LogP contribution >= 0.6 is 0 Å². The highest BCUT2D eigenvalue weighted by molar-refractivity contribution is 5.58. The van der Waals surface area contributed by atoms with Gasteiger partial charge in [-0.3, -0.25) is 0 Å². The maximum absolute atomic E-state index is 6.20. The van der Waals surface area contributed by atoms with Crippen LogP contribution in [0.5, 0.6) is 0 Å². The zero-order valence-electron chi connectivity index (χ0n) is 12.5. The second-order valence-electron chi connectivity index (χ2n) is 5.50. The highest BCUT2D eigenvalue weighted by Crippen LogP contribution is 2.21. The van der Waals surface area contributed by atoms with Crippen molar-refractivity contribution in [3.8, 4) is 11.3 Å². The molecule has 0 aliphatic rings. The van der Waals surface area contributed by atoms with Crippen molar-refractivity contribution < 1.29 is 0 Å². The molecular weight excluding hydrogens is 246 g/mol. The summed E-state index contributed by atoms with van der Waals surface area (Å²) in [6.07, 6.45) is 7.87. The Kier molecular flexibility index (Phi) is 5.36. The fourth-order valence-electron chi connectivity index (χ4n) is 2.33. The number of nitrogens with two attached hydrogens (primary N) is 1. The van der Waals surface area contributed by atoms with Gasteiger partial charge >= 0.3 is 0 Å². The van der Waals surface area contributed by atoms with E-state index >= 15 is 0 Å². The fourth-order valence-corrected chi connectivity index (χ4v) is 2.33. The maximum atomic E-state index is 6.20. The summed E-state index contributed by atoms with van der Waals surface area (Å²) in [7, 11) is 0. The van der Waals surface area contributed by atoms with E-state index in [9.17, 15) is 0 Å². The van der Waals surface area contributed by atoms with Crippen molar-refractivity contribution >= 4 is 0 Å². The van der Waals surface area contributed by atoms with Crippen LogP contribution in [0, 0.1) is 6.92 Å². The van der Waals surface area contributed by atoms with Gasteiger partial charge in [0.15, 0.2) is 0 Å². The summed E-state index contributed by atoms with van der Waals surface area (Å²) in [5, 5.41) is 0. The molecule has 2 aromatic rings. The predicted octanol–water partition coefficient (Wildman–Crippen LogP) is 4.36. The van der Waals surface area contributed by atoms with Crippen LogP contribution in [0.15, 0.2) is 30.5 Å². The lowest BCUT2D eigenvalue weighted by Gasteiger charge is -2.08. The van der Waals surface area contributed by atoms with Gasteiger partial charge in [0, 0.05) is 0 Å². The molecule has 0 fully saturated rings. The number of H-pyrrole nitrogens is 1. The first kappa shape index (κ1) is 14.8. The van der Waals surface area contributed by atoms with Crippen molar-refractivity contribution in [2.24, 2.45) is 5.73 Å². The molecule has 108 valence electrons. The van der Waals surface area contributed by atoms with E-state index < -0.39 is 0 Å². The molecule has 0 aliphatic heterocycles. The molecule has 0 radical (unpaired) electrons. The van der Waals surface area contributed by atoms with Gasteiger partial charge in [-0.15, -0.1) is 0 Å². The summed E-state index contributed by atoms with van der Waals surface area (Å²) >= 11 is 0. The monoisotopic (exact) mass is 271 g/mol. The summed E-state index contributed by atoms with van der Waals surface area (Å²) in [6.45, 7) is 4.31. The Hall–Kier alpha value is -1.61. The van der Waals surface area contributed by atoms with Crippen LogP contribution in [-0.2, 0) is 0 Å². The van der Waals surface area contributed by atoms with E-state index in [0.717, 1.165) is 23.5 Å². The summed E-state index contributed by atoms with van der Waals surface area (Å²) < 4.78 is 0. The van der Waals surface area contributed by atoms with E-state index in [-0.39, 0.29) is 6.04 Å². The summed E-state index contributed by atoms with van der Waals surface area (Å²) in [6, 6.07) is 8.46. The van der Waals surface area contributed by atoms with Crippen LogP contribution in [0.25, 0.3) is 11.3 Å². The predicted molar refractivity (Wildman–Crippen MR) is 84.4 cm³/mol. The number of benzene rings is 1. The Morgan fingerprint density at radius 3 is 2.60 bits per heavy atom. The molecule has 0 bridgehead atoms. The fraction of sp³-hybridized carbons (Fsp3) is 0.471. The van der Waals surface area contributed by atoms with Crippen LogP contribution in [0.4, 0.5) is 0 Å². The Bertz CT molecular complexity index is 513. The third kappa shape index (κ3) is 3.94. The van der Waals surface area contributed by atoms with Gasteiger partial charge in [-0.25, -0.2) is 4.98 Å². The van der Waals surface area contributed by atoms with Gasteiger partial charge in [0.25, 0.3) is 0 Å². The van der Waals surface area contributed by atoms with Crippen LogP contribution in [0.3, 0.4) is 0 Å². The number of imidazole rings is 1. The molecule has 0 amide bonds. The third-order valence-corrected chi connectivity index (χ3v) is 3.68. The van der Waals surface area contributed by atoms with Crippen molar-refractivity contribution in [1.82, 2.24) is 9.97 Å². The minimum atomic E-state index is 0.0195. The summed E-state index contributed by atoms with van der Waals surface area (Å²) in [5.41, 5.74) is 9.67. The number of aromatic amines is 1. The first-order chi connectivity index (χ1) is 9.70. The van der Waals surface area contributed by atoms with Crippen LogP contribution in [0.1, 0.15) is 56.5 Å². The van der Waals surface area contributed by atoms with Crippen molar-refractivity contribution in [3.63, 3.8) is 0 Å². The standard InChI is InChI=1S/C17H25N3/c1-3-4-5-6-7-15(18)17-19-12-16(20-17)14-10-8-13(2)9-11-14/h8-12,15H,3-7,18H2,1-2H3,(H,19,20)/t15-/m1/s1. The molecule has 2 rings (SSSR count). The number of unbranched alkanes of at least 4 members (excludes halogenated alkanes) is 3. The highest BCUT2D eigenvalue weighted by Gasteiger charge is 2.10. The molecule has 1 heterocycles. The zero-order valence-corrected chi connectivity index (χ0v) is 12.5. The van der Waals surface area contributed by atoms with Crippen molar-refractivity contribution in [2.45, 2.75) is 52.0 Å². The largest absolute Gasteiger partial charge is 0.341 e. The molecule has 1 aromatic heterocycles. The molecule has 0 saturated carbocycles. The van der Waals surface area contributed by atoms with Crippen molar-refractivity contribution in [2.75, 3.05) is 0 Å². The first-order valence-corrected chi connectivity index (χ1v) is 7.58. The Morgan fingerprint density at radius 1 is 1.15 bits per heavy atom. The number of rotatable bonds is 7. The third-order valence-electron chi connectivity index (χ3n) is 3.68. The molecule has 0 saturated heterocycles. The Morgan fingerprint density at radius 2 is 1.90 bits per heavy atom. The number of aryl methyl sites for hydroxylation is 1. The van der Waals surface area contributed by atoms with E-state index in [2.05, 4.69) is 48.1 Å². The molecule has 3 heteroatoms. The molecule has 3 N–H and O–H groups in total. The summed E-state index contributed by atoms with van der Waals surface area (Å²) in [5.74, 6) is 0.900. The van der Waals surface area contributed by atoms with Gasteiger partial charge in [0.2, 0.25) is 0 Å². The van der Waals surface area contributed by atoms with Gasteiger partial charge in [-0.05, 0) is 18.9 Å². The van der Waals surface area contributed by atoms with E-state index in [1.54, 1.807) is 0 Å². The van der Waals surface area contributed by atoms with Gasteiger partial charge in [-0.1, -0.05) is 62.4 Å². The lowest BCUT2D eigenvalue weighted by molar-refractivity contribution is 0.550. The first-order valence-electron chi connectivity index (χ1n) is 7.58. The SMILES string of the molecule is CCCCCC[C@@H](N)c1ncc(-c2ccc(C)cc2)[nH]1. The molecule has 3 nitrogen and oxygen atoms in total. The highest BCUT2D eigenvalue weighted by atomic mass is 15.0. The number of nitrogens with zero attached hydrogens (tertiary/aromatic N) is 1. The second-order valence-corrected chi connectivity index (χ2v) is 5.50. The molecule has 0 unspecified atom stereocenters. The number of nitrogens with one attached hydrogen (secondary N) is 1. The van der Waals surface area contributed by atoms with E-state index in [1.165, 1.54) is 31.2 Å². The van der Waals surface area contributed by atoms with Crippen molar-refractivity contribution in [1.29, 1.82) is 0 Å². The summed E-state index contributed by atoms with van der Waals surface area (Å²) in [4.78, 5) is 7.79. The number of hydrogen-bond acceptors (Lipinski definition) is 2. The second kappa shape index (κ2) is 7.25. The minimum Gasteiger partial charge on any atom is -0.341 e. The quantitative estimate of drug-likeness (QED) is 0.735. The molecule has 1 aromatic carbocycles. The van der Waals surface area contributed by atoms with Gasteiger partial charge in [0.1, 0.15) is 5.82 Å². The van der Waals surface area contributed by atoms with Crippen LogP contribution in [-0.4, -0.2) is 9.97 Å². The zero-order chi connectivity index (χ0) is 14.4. The number of hydrogen-bond donors (Lipinski definition) is 2. The van der Waals surface area contributed by atoms with Gasteiger partial charge in [-0.2, -0.15) is 0 Å². The van der Waals surface area contributed by atoms with Gasteiger partial charge in [0.05, 0.1) is 17.9 Å². The Balaban J connectivity index is 1.96. The van der Waals surface area contributed by atoms with Crippen molar-refractivity contribution in [3.05, 3.63) is 41.9 Å². The molecular formula is C17H25N3. The average Bonchev–Trinajstić information content (AvgIpc) is 2.94. The maximum Gasteiger partial charge on any atom is 0.123 e. The van der Waals surface area contributed by atoms with Crippen LogP contribution in [0.2, 0.25) is 0 Å². The van der Waals surface area contributed by atoms with Gasteiger partial charge < -0.3 is 10.7 Å². The molecule has 1 atom stereocenters. The molecule has 0 spiro atoms. The topological polar surface area (TPSA) is 54.7 Å². The minimum absolute atomic E-state index is 0.0195. The number of aromatic nitrogens is 2. The van der Waals surface area contributed by atoms with E-state index in [4.69, 9.17) is 5.73 Å². The molecule has 0 aliphatic carbocycles. The Labute approximate surface area is 121 Å². The lowest BCUT2D eigenvalue weighted by atomic mass is 10.1. The van der Waals surface area contributed by atoms with Crippen LogP contribution < -0.4 is 5.73 Å². The van der Waals surface area contributed by atoms with E-state index in [0.29, 0.717) is 0 Å². The van der Waals surface area contributed by atoms with E-state index in [1.807, 2.05) is 6.20 Å². The average molecular weight is 271 g/mol. The lowest BCUT2D eigenvalue weighted by Crippen LogP contribution is -2.11. The molecule has 20 heavy (non-hydrogen) atoms. The smallest absolute Gasteiger partial charge is 0.123 e.